The van der Waals surface area contributed by atoms with Crippen LogP contribution in [-0.4, -0.2) is 29.7 Å². The van der Waals surface area contributed by atoms with E-state index in [1.54, 1.807) is 0 Å². The Morgan fingerprint density at radius 1 is 1.55 bits per heavy atom. The SMILES string of the molecule is C[C@H]1C[C@@](C)(O)[C@H]2CO[C@@H]1O2. The van der Waals surface area contributed by atoms with Crippen LogP contribution in [0.25, 0.3) is 0 Å². The van der Waals surface area contributed by atoms with Crippen LogP contribution in [0, 0.1) is 5.92 Å². The number of fused-ring (bicyclic) bond motifs is 2. The second kappa shape index (κ2) is 2.19. The van der Waals surface area contributed by atoms with E-state index in [4.69, 9.17) is 9.47 Å². The lowest BCUT2D eigenvalue weighted by Gasteiger charge is -2.36. The van der Waals surface area contributed by atoms with Gasteiger partial charge in [-0.1, -0.05) is 6.92 Å². The van der Waals surface area contributed by atoms with Gasteiger partial charge in [-0.2, -0.15) is 0 Å². The van der Waals surface area contributed by atoms with Crippen LogP contribution in [-0.2, 0) is 9.47 Å². The zero-order chi connectivity index (χ0) is 8.06. The Morgan fingerprint density at radius 3 is 3.00 bits per heavy atom. The summed E-state index contributed by atoms with van der Waals surface area (Å²) >= 11 is 0. The number of aliphatic hydroxyl groups is 1. The van der Waals surface area contributed by atoms with Crippen molar-refractivity contribution in [2.45, 2.75) is 38.3 Å². The van der Waals surface area contributed by atoms with Crippen molar-refractivity contribution in [1.82, 2.24) is 0 Å². The highest BCUT2D eigenvalue weighted by atomic mass is 16.7. The predicted molar refractivity (Wildman–Crippen MR) is 39.0 cm³/mol. The molecular weight excluding hydrogens is 144 g/mol. The van der Waals surface area contributed by atoms with Gasteiger partial charge in [0.2, 0.25) is 0 Å². The van der Waals surface area contributed by atoms with E-state index >= 15 is 0 Å². The van der Waals surface area contributed by atoms with Crippen LogP contribution >= 0.6 is 0 Å². The third-order valence-electron chi connectivity index (χ3n) is 2.60. The van der Waals surface area contributed by atoms with Gasteiger partial charge in [0, 0.05) is 5.92 Å². The van der Waals surface area contributed by atoms with Crippen molar-refractivity contribution in [3.8, 4) is 0 Å². The fraction of sp³-hybridized carbons (Fsp3) is 1.00. The largest absolute Gasteiger partial charge is 0.387 e. The monoisotopic (exact) mass is 158 g/mol. The summed E-state index contributed by atoms with van der Waals surface area (Å²) in [5, 5.41) is 9.83. The van der Waals surface area contributed by atoms with Crippen LogP contribution in [0.3, 0.4) is 0 Å². The van der Waals surface area contributed by atoms with Crippen molar-refractivity contribution in [3.05, 3.63) is 0 Å². The van der Waals surface area contributed by atoms with Crippen LogP contribution in [0.2, 0.25) is 0 Å². The third-order valence-corrected chi connectivity index (χ3v) is 2.60. The molecule has 0 aromatic heterocycles. The topological polar surface area (TPSA) is 38.7 Å². The van der Waals surface area contributed by atoms with E-state index in [1.165, 1.54) is 0 Å². The Labute approximate surface area is 66.3 Å². The fourth-order valence-electron chi connectivity index (χ4n) is 1.93. The molecule has 2 aliphatic rings. The molecule has 3 nitrogen and oxygen atoms in total. The first kappa shape index (κ1) is 7.53. The van der Waals surface area contributed by atoms with Crippen molar-refractivity contribution < 1.29 is 14.6 Å². The highest BCUT2D eigenvalue weighted by Gasteiger charge is 2.48. The molecule has 0 spiro atoms. The quantitative estimate of drug-likeness (QED) is 0.558. The summed E-state index contributed by atoms with van der Waals surface area (Å²) in [4.78, 5) is 0. The average Bonchev–Trinajstić information content (AvgIpc) is 2.28. The lowest BCUT2D eigenvalue weighted by Crippen LogP contribution is -2.47. The van der Waals surface area contributed by atoms with E-state index < -0.39 is 5.60 Å². The summed E-state index contributed by atoms with van der Waals surface area (Å²) in [6.45, 7) is 4.40. The van der Waals surface area contributed by atoms with Gasteiger partial charge in [0.25, 0.3) is 0 Å². The zero-order valence-corrected chi connectivity index (χ0v) is 6.91. The number of ether oxygens (including phenoxy) is 2. The Hall–Kier alpha value is -0.120. The Kier molecular flexibility index (Phi) is 1.50. The maximum absolute atomic E-state index is 9.83. The van der Waals surface area contributed by atoms with E-state index in [0.29, 0.717) is 12.5 Å². The molecule has 0 radical (unpaired) electrons. The molecule has 4 atom stereocenters. The molecule has 2 fully saturated rings. The third kappa shape index (κ3) is 1.08. The van der Waals surface area contributed by atoms with Gasteiger partial charge in [-0.25, -0.2) is 0 Å². The molecule has 0 saturated carbocycles. The highest BCUT2D eigenvalue weighted by Crippen LogP contribution is 2.37. The molecule has 3 heteroatoms. The van der Waals surface area contributed by atoms with Crippen molar-refractivity contribution in [1.29, 1.82) is 0 Å². The minimum atomic E-state index is -0.688. The fourth-order valence-corrected chi connectivity index (χ4v) is 1.93. The van der Waals surface area contributed by atoms with Gasteiger partial charge in [-0.15, -0.1) is 0 Å². The molecule has 0 unspecified atom stereocenters. The van der Waals surface area contributed by atoms with Crippen LogP contribution in [0.15, 0.2) is 0 Å². The Balaban J connectivity index is 2.18. The summed E-state index contributed by atoms with van der Waals surface area (Å²) in [6.07, 6.45) is 0.603. The van der Waals surface area contributed by atoms with Gasteiger partial charge in [-0.3, -0.25) is 0 Å². The molecule has 0 aromatic rings. The molecular formula is C8H14O3. The van der Waals surface area contributed by atoms with E-state index in [1.807, 2.05) is 13.8 Å². The molecule has 0 aliphatic carbocycles. The van der Waals surface area contributed by atoms with Gasteiger partial charge in [0.15, 0.2) is 6.29 Å². The highest BCUT2D eigenvalue weighted by molar-refractivity contribution is 4.93. The van der Waals surface area contributed by atoms with E-state index in [9.17, 15) is 5.11 Å². The first-order chi connectivity index (χ1) is 5.09. The van der Waals surface area contributed by atoms with Gasteiger partial charge < -0.3 is 14.6 Å². The van der Waals surface area contributed by atoms with E-state index in [-0.39, 0.29) is 12.4 Å². The molecule has 0 aromatic carbocycles. The first-order valence-electron chi connectivity index (χ1n) is 4.09. The lowest BCUT2D eigenvalue weighted by atomic mass is 9.87. The van der Waals surface area contributed by atoms with Crippen LogP contribution in [0.4, 0.5) is 0 Å². The van der Waals surface area contributed by atoms with E-state index in [2.05, 4.69) is 0 Å². The molecule has 2 rings (SSSR count). The second-order valence-corrected chi connectivity index (χ2v) is 3.87. The standard InChI is InChI=1S/C8H14O3/c1-5-3-8(2,9)6-4-10-7(5)11-6/h5-7,9H,3-4H2,1-2H3/t5-,6+,7+,8+/m0/s1. The van der Waals surface area contributed by atoms with Crippen molar-refractivity contribution in [3.63, 3.8) is 0 Å². The van der Waals surface area contributed by atoms with Crippen molar-refractivity contribution in [2.24, 2.45) is 5.92 Å². The van der Waals surface area contributed by atoms with Gasteiger partial charge in [-0.05, 0) is 13.3 Å². The normalized spacial score (nSPS) is 56.5. The number of rotatable bonds is 0. The minimum absolute atomic E-state index is 0.0692. The van der Waals surface area contributed by atoms with Gasteiger partial charge in [0.1, 0.15) is 6.10 Å². The number of hydrogen-bond donors (Lipinski definition) is 1. The molecule has 64 valence electrons. The predicted octanol–water partition coefficient (Wildman–Crippen LogP) is 0.519. The second-order valence-electron chi connectivity index (χ2n) is 3.87. The molecule has 1 N–H and O–H groups in total. The maximum Gasteiger partial charge on any atom is 0.160 e. The van der Waals surface area contributed by atoms with Crippen LogP contribution in [0.1, 0.15) is 20.3 Å². The average molecular weight is 158 g/mol. The first-order valence-corrected chi connectivity index (χ1v) is 4.09. The summed E-state index contributed by atoms with van der Waals surface area (Å²) in [6, 6.07) is 0. The van der Waals surface area contributed by atoms with Crippen molar-refractivity contribution >= 4 is 0 Å². The van der Waals surface area contributed by atoms with Crippen molar-refractivity contribution in [2.75, 3.05) is 6.61 Å². The Bertz CT molecular complexity index is 167. The van der Waals surface area contributed by atoms with Crippen LogP contribution in [0.5, 0.6) is 0 Å². The van der Waals surface area contributed by atoms with Gasteiger partial charge >= 0.3 is 0 Å². The molecule has 2 saturated heterocycles. The van der Waals surface area contributed by atoms with E-state index in [0.717, 1.165) is 6.42 Å². The van der Waals surface area contributed by atoms with Crippen LogP contribution < -0.4 is 0 Å². The molecule has 2 bridgehead atoms. The molecule has 0 amide bonds. The maximum atomic E-state index is 9.83. The summed E-state index contributed by atoms with van der Waals surface area (Å²) in [7, 11) is 0. The lowest BCUT2D eigenvalue weighted by molar-refractivity contribution is -0.183. The zero-order valence-electron chi connectivity index (χ0n) is 6.91. The smallest absolute Gasteiger partial charge is 0.160 e. The summed E-state index contributed by atoms with van der Waals surface area (Å²) < 4.78 is 10.8. The molecule has 2 heterocycles. The Morgan fingerprint density at radius 2 is 2.27 bits per heavy atom. The summed E-state index contributed by atoms with van der Waals surface area (Å²) in [5.41, 5.74) is -0.688. The summed E-state index contributed by atoms with van der Waals surface area (Å²) in [5.74, 6) is 0.309. The van der Waals surface area contributed by atoms with Gasteiger partial charge in [0.05, 0.1) is 12.2 Å². The molecule has 2 aliphatic heterocycles. The number of hydrogen-bond acceptors (Lipinski definition) is 3. The molecule has 11 heavy (non-hydrogen) atoms. The minimum Gasteiger partial charge on any atom is -0.387 e.